The van der Waals surface area contributed by atoms with Gasteiger partial charge in [0.15, 0.2) is 0 Å². The lowest BCUT2D eigenvalue weighted by Gasteiger charge is -2.16. The van der Waals surface area contributed by atoms with Crippen molar-refractivity contribution >= 4 is 17.8 Å². The first-order valence-electron chi connectivity index (χ1n) is 6.87. The molecular formula is C15H22N2O4. The van der Waals surface area contributed by atoms with E-state index in [1.54, 1.807) is 19.1 Å². The van der Waals surface area contributed by atoms with Crippen LogP contribution in [0.5, 0.6) is 0 Å². The fraction of sp³-hybridized carbons (Fsp3) is 0.533. The summed E-state index contributed by atoms with van der Waals surface area (Å²) in [6, 6.07) is 3.27. The van der Waals surface area contributed by atoms with Crippen LogP contribution in [0.3, 0.4) is 0 Å². The van der Waals surface area contributed by atoms with Gasteiger partial charge in [0.25, 0.3) is 0 Å². The number of aryl methyl sites for hydroxylation is 1. The van der Waals surface area contributed by atoms with Crippen LogP contribution in [-0.2, 0) is 9.53 Å². The first-order valence-corrected chi connectivity index (χ1v) is 6.87. The molecule has 6 heteroatoms. The molecule has 1 aromatic heterocycles. The molecule has 2 N–H and O–H groups in total. The Bertz CT molecular complexity index is 514. The Morgan fingerprint density at radius 3 is 2.52 bits per heavy atom. The Morgan fingerprint density at radius 1 is 1.38 bits per heavy atom. The highest BCUT2D eigenvalue weighted by Gasteiger charge is 2.19. The summed E-state index contributed by atoms with van der Waals surface area (Å²) in [5.74, 6) is -0.860. The molecule has 0 aliphatic carbocycles. The van der Waals surface area contributed by atoms with Crippen molar-refractivity contribution in [3.63, 3.8) is 0 Å². The number of carboxylic acids is 1. The summed E-state index contributed by atoms with van der Waals surface area (Å²) in [7, 11) is 1.32. The maximum Gasteiger partial charge on any atom is 0.339 e. The summed E-state index contributed by atoms with van der Waals surface area (Å²) >= 11 is 0. The number of esters is 1. The van der Waals surface area contributed by atoms with E-state index in [0.29, 0.717) is 36.0 Å². The Morgan fingerprint density at radius 2 is 2.05 bits per heavy atom. The number of methoxy groups -OCH3 is 1. The molecule has 0 aromatic carbocycles. The number of anilines is 1. The number of pyridine rings is 1. The molecular weight excluding hydrogens is 272 g/mol. The number of carbonyl (C=O) groups excluding carboxylic acids is 1. The predicted molar refractivity (Wildman–Crippen MR) is 79.4 cm³/mol. The van der Waals surface area contributed by atoms with Gasteiger partial charge < -0.3 is 15.2 Å². The predicted octanol–water partition coefficient (Wildman–Crippen LogP) is 2.34. The first-order chi connectivity index (χ1) is 9.85. The molecule has 0 spiro atoms. The normalized spacial score (nSPS) is 12.0. The zero-order valence-electron chi connectivity index (χ0n) is 12.8. The summed E-state index contributed by atoms with van der Waals surface area (Å²) in [4.78, 5) is 26.9. The van der Waals surface area contributed by atoms with Crippen LogP contribution < -0.4 is 5.32 Å². The average Bonchev–Trinajstić information content (AvgIpc) is 2.42. The molecule has 116 valence electrons. The lowest BCUT2D eigenvalue weighted by atomic mass is 9.97. The van der Waals surface area contributed by atoms with Crippen molar-refractivity contribution < 1.29 is 19.4 Å². The van der Waals surface area contributed by atoms with Gasteiger partial charge in [-0.2, -0.15) is 0 Å². The van der Waals surface area contributed by atoms with Gasteiger partial charge in [0.2, 0.25) is 0 Å². The van der Waals surface area contributed by atoms with Crippen LogP contribution in [0.15, 0.2) is 12.1 Å². The van der Waals surface area contributed by atoms with E-state index in [0.717, 1.165) is 0 Å². The minimum Gasteiger partial charge on any atom is -0.481 e. The number of ether oxygens (including phenoxy) is 1. The van der Waals surface area contributed by atoms with E-state index in [2.05, 4.69) is 15.0 Å². The summed E-state index contributed by atoms with van der Waals surface area (Å²) in [6.07, 6.45) is 0.599. The quantitative estimate of drug-likeness (QED) is 0.750. The van der Waals surface area contributed by atoms with E-state index in [-0.39, 0.29) is 0 Å². The highest BCUT2D eigenvalue weighted by Crippen LogP contribution is 2.15. The van der Waals surface area contributed by atoms with Crippen molar-refractivity contribution in [1.82, 2.24) is 4.98 Å². The third kappa shape index (κ3) is 5.06. The molecule has 21 heavy (non-hydrogen) atoms. The summed E-state index contributed by atoms with van der Waals surface area (Å²) in [5, 5.41) is 12.2. The summed E-state index contributed by atoms with van der Waals surface area (Å²) < 4.78 is 4.65. The highest BCUT2D eigenvalue weighted by atomic mass is 16.5. The minimum absolute atomic E-state index is 0.303. The van der Waals surface area contributed by atoms with Crippen LogP contribution in [0.25, 0.3) is 0 Å². The molecule has 0 fully saturated rings. The molecule has 1 heterocycles. The van der Waals surface area contributed by atoms with Gasteiger partial charge >= 0.3 is 11.9 Å². The third-order valence-corrected chi connectivity index (χ3v) is 3.13. The molecule has 1 unspecified atom stereocenters. The second-order valence-electron chi connectivity index (χ2n) is 5.37. The molecule has 6 nitrogen and oxygen atoms in total. The number of aliphatic carboxylic acids is 1. The molecule has 0 radical (unpaired) electrons. The number of nitrogens with one attached hydrogen (secondary N) is 1. The van der Waals surface area contributed by atoms with Crippen molar-refractivity contribution in [3.8, 4) is 0 Å². The largest absolute Gasteiger partial charge is 0.481 e. The van der Waals surface area contributed by atoms with Crippen molar-refractivity contribution in [2.75, 3.05) is 19.0 Å². The van der Waals surface area contributed by atoms with E-state index < -0.39 is 17.9 Å². The van der Waals surface area contributed by atoms with Gasteiger partial charge in [-0.1, -0.05) is 13.8 Å². The monoisotopic (exact) mass is 294 g/mol. The Balaban J connectivity index is 2.73. The summed E-state index contributed by atoms with van der Waals surface area (Å²) in [6.45, 7) is 5.99. The van der Waals surface area contributed by atoms with E-state index in [1.807, 2.05) is 13.8 Å². The zero-order chi connectivity index (χ0) is 16.0. The lowest BCUT2D eigenvalue weighted by Crippen LogP contribution is -2.24. The van der Waals surface area contributed by atoms with E-state index >= 15 is 0 Å². The van der Waals surface area contributed by atoms with Crippen LogP contribution in [-0.4, -0.2) is 35.7 Å². The topological polar surface area (TPSA) is 88.5 Å². The SMILES string of the molecule is COC(=O)c1ccc(NCC(CC(C)C)C(=O)O)nc1C. The number of hydrogen-bond acceptors (Lipinski definition) is 5. The second-order valence-corrected chi connectivity index (χ2v) is 5.37. The van der Waals surface area contributed by atoms with E-state index in [9.17, 15) is 14.7 Å². The van der Waals surface area contributed by atoms with Crippen LogP contribution in [0, 0.1) is 18.8 Å². The van der Waals surface area contributed by atoms with Crippen LogP contribution in [0.1, 0.15) is 36.3 Å². The van der Waals surface area contributed by atoms with Crippen LogP contribution in [0.4, 0.5) is 5.82 Å². The molecule has 0 saturated carbocycles. The standard InChI is InChI=1S/C15H22N2O4/c1-9(2)7-11(14(18)19)8-16-13-6-5-12(10(3)17-13)15(20)21-4/h5-6,9,11H,7-8H2,1-4H3,(H,16,17)(H,18,19). The van der Waals surface area contributed by atoms with Gasteiger partial charge in [0.1, 0.15) is 5.82 Å². The minimum atomic E-state index is -0.820. The highest BCUT2D eigenvalue weighted by molar-refractivity contribution is 5.90. The van der Waals surface area contributed by atoms with Gasteiger partial charge in [-0.3, -0.25) is 4.79 Å². The van der Waals surface area contributed by atoms with Gasteiger partial charge in [0, 0.05) is 6.54 Å². The van der Waals surface area contributed by atoms with Crippen molar-refractivity contribution in [2.45, 2.75) is 27.2 Å². The van der Waals surface area contributed by atoms with Crippen molar-refractivity contribution in [3.05, 3.63) is 23.4 Å². The van der Waals surface area contributed by atoms with Gasteiger partial charge in [-0.05, 0) is 31.4 Å². The number of rotatable bonds is 7. The van der Waals surface area contributed by atoms with Crippen molar-refractivity contribution in [1.29, 1.82) is 0 Å². The Hall–Kier alpha value is -2.11. The first kappa shape index (κ1) is 16.9. The average molecular weight is 294 g/mol. The fourth-order valence-electron chi connectivity index (χ4n) is 2.05. The van der Waals surface area contributed by atoms with Gasteiger partial charge in [0.05, 0.1) is 24.3 Å². The van der Waals surface area contributed by atoms with Crippen LogP contribution in [0.2, 0.25) is 0 Å². The summed E-state index contributed by atoms with van der Waals surface area (Å²) in [5.41, 5.74) is 0.947. The molecule has 1 atom stereocenters. The number of carboxylic acid groups (broad SMARTS) is 1. The van der Waals surface area contributed by atoms with Crippen molar-refractivity contribution in [2.24, 2.45) is 11.8 Å². The third-order valence-electron chi connectivity index (χ3n) is 3.13. The molecule has 0 aliphatic rings. The molecule has 0 aliphatic heterocycles. The van der Waals surface area contributed by atoms with E-state index in [1.165, 1.54) is 7.11 Å². The number of nitrogens with zero attached hydrogens (tertiary/aromatic N) is 1. The van der Waals surface area contributed by atoms with Crippen LogP contribution >= 0.6 is 0 Å². The second kappa shape index (κ2) is 7.61. The van der Waals surface area contributed by atoms with Gasteiger partial charge in [-0.25, -0.2) is 9.78 Å². The maximum absolute atomic E-state index is 11.5. The smallest absolute Gasteiger partial charge is 0.339 e. The molecule has 0 saturated heterocycles. The lowest BCUT2D eigenvalue weighted by molar-refractivity contribution is -0.141. The molecule has 1 rings (SSSR count). The Labute approximate surface area is 124 Å². The fourth-order valence-corrected chi connectivity index (χ4v) is 2.05. The molecule has 0 bridgehead atoms. The number of aromatic nitrogens is 1. The van der Waals surface area contributed by atoms with E-state index in [4.69, 9.17) is 0 Å². The number of hydrogen-bond donors (Lipinski definition) is 2. The Kier molecular flexibility index (Phi) is 6.14. The molecule has 1 aromatic rings. The molecule has 0 amide bonds. The maximum atomic E-state index is 11.5. The number of carbonyl (C=O) groups is 2. The van der Waals surface area contributed by atoms with Gasteiger partial charge in [-0.15, -0.1) is 0 Å². The zero-order valence-corrected chi connectivity index (χ0v) is 12.8.